The molecule has 1 aliphatic rings. The lowest BCUT2D eigenvalue weighted by molar-refractivity contribution is -0.137. The molecule has 0 atom stereocenters. The van der Waals surface area contributed by atoms with E-state index in [1.165, 1.54) is 12.4 Å². The predicted molar refractivity (Wildman–Crippen MR) is 56.3 cm³/mol. The van der Waals surface area contributed by atoms with Gasteiger partial charge >= 0.3 is 12.0 Å². The van der Waals surface area contributed by atoms with Crippen LogP contribution < -0.4 is 5.32 Å². The Hall–Kier alpha value is -1.82. The number of aromatic nitrogens is 1. The lowest BCUT2D eigenvalue weighted by Crippen LogP contribution is -2.41. The molecule has 0 aromatic carbocycles. The van der Waals surface area contributed by atoms with Crippen LogP contribution in [0, 0.1) is 0 Å². The summed E-state index contributed by atoms with van der Waals surface area (Å²) in [5.41, 5.74) is 1.21. The Morgan fingerprint density at radius 2 is 2.38 bits per heavy atom. The van der Waals surface area contributed by atoms with Crippen LogP contribution in [-0.4, -0.2) is 33.5 Å². The van der Waals surface area contributed by atoms with Crippen molar-refractivity contribution in [3.8, 4) is 0 Å². The van der Waals surface area contributed by atoms with Gasteiger partial charge in [0.1, 0.15) is 6.54 Å². The molecule has 2 heterocycles. The van der Waals surface area contributed by atoms with Gasteiger partial charge in [-0.3, -0.25) is 9.78 Å². The number of hydrogen-bond donors (Lipinski definition) is 2. The molecule has 2 N–H and O–H groups in total. The highest BCUT2D eigenvalue weighted by molar-refractivity contribution is 6.31. The molecule has 2 amide bonds. The predicted octanol–water partition coefficient (Wildman–Crippen LogP) is 1.17. The Morgan fingerprint density at radius 3 is 3.06 bits per heavy atom. The Labute approximate surface area is 95.8 Å². The molecule has 0 radical (unpaired) electrons. The number of nitrogens with zero attached hydrogens (tertiary/aromatic N) is 2. The zero-order chi connectivity index (χ0) is 11.7. The Kier molecular flexibility index (Phi) is 2.66. The number of fused-ring (bicyclic) bond motifs is 1. The number of carbonyl (C=O) groups is 2. The number of halogens is 1. The number of urea groups is 1. The van der Waals surface area contributed by atoms with Crippen LogP contribution >= 0.6 is 11.6 Å². The molecule has 0 saturated carbocycles. The van der Waals surface area contributed by atoms with E-state index in [-0.39, 0.29) is 13.1 Å². The summed E-state index contributed by atoms with van der Waals surface area (Å²) in [4.78, 5) is 27.0. The maximum Gasteiger partial charge on any atom is 0.323 e. The second-order valence-electron chi connectivity index (χ2n) is 3.33. The third-order valence-electron chi connectivity index (χ3n) is 2.21. The molecule has 0 unspecified atom stereocenters. The SMILES string of the molecule is O=C(O)CN1Cc2c(Cl)cncc2NC1=O. The average molecular weight is 242 g/mol. The van der Waals surface area contributed by atoms with Gasteiger partial charge < -0.3 is 15.3 Å². The van der Waals surface area contributed by atoms with E-state index in [9.17, 15) is 9.59 Å². The maximum absolute atomic E-state index is 11.5. The Balaban J connectivity index is 2.30. The summed E-state index contributed by atoms with van der Waals surface area (Å²) in [6.45, 7) is -0.182. The van der Waals surface area contributed by atoms with Crippen LogP contribution in [-0.2, 0) is 11.3 Å². The van der Waals surface area contributed by atoms with Crippen molar-refractivity contribution < 1.29 is 14.7 Å². The summed E-state index contributed by atoms with van der Waals surface area (Å²) in [7, 11) is 0. The van der Waals surface area contributed by atoms with E-state index in [0.29, 0.717) is 16.3 Å². The van der Waals surface area contributed by atoms with Crippen molar-refractivity contribution in [2.75, 3.05) is 11.9 Å². The standard InChI is InChI=1S/C9H8ClN3O3/c10-6-1-11-2-7-5(6)3-13(4-8(14)15)9(16)12-7/h1-2H,3-4H2,(H,12,16)(H,14,15). The number of anilines is 1. The lowest BCUT2D eigenvalue weighted by Gasteiger charge is -2.28. The molecule has 0 aliphatic carbocycles. The molecule has 0 fully saturated rings. The first-order valence-electron chi connectivity index (χ1n) is 4.48. The van der Waals surface area contributed by atoms with E-state index < -0.39 is 12.0 Å². The number of nitrogens with one attached hydrogen (secondary N) is 1. The van der Waals surface area contributed by atoms with Gasteiger partial charge in [-0.1, -0.05) is 11.6 Å². The fraction of sp³-hybridized carbons (Fsp3) is 0.222. The highest BCUT2D eigenvalue weighted by Gasteiger charge is 2.25. The summed E-state index contributed by atoms with van der Waals surface area (Å²) in [5.74, 6) is -1.07. The fourth-order valence-corrected chi connectivity index (χ4v) is 1.70. The van der Waals surface area contributed by atoms with Crippen molar-refractivity contribution in [1.29, 1.82) is 0 Å². The molecule has 16 heavy (non-hydrogen) atoms. The lowest BCUT2D eigenvalue weighted by atomic mass is 10.2. The highest BCUT2D eigenvalue weighted by Crippen LogP contribution is 2.28. The number of carbonyl (C=O) groups excluding carboxylic acids is 1. The Bertz CT molecular complexity index is 463. The van der Waals surface area contributed by atoms with Gasteiger partial charge in [-0.05, 0) is 0 Å². The van der Waals surface area contributed by atoms with E-state index in [0.717, 1.165) is 4.90 Å². The molecule has 7 heteroatoms. The normalized spacial score (nSPS) is 14.3. The minimum Gasteiger partial charge on any atom is -0.480 e. The van der Waals surface area contributed by atoms with E-state index in [1.807, 2.05) is 0 Å². The van der Waals surface area contributed by atoms with Crippen LogP contribution in [0.15, 0.2) is 12.4 Å². The fourth-order valence-electron chi connectivity index (χ4n) is 1.48. The molecule has 0 saturated heterocycles. The van der Waals surface area contributed by atoms with Gasteiger partial charge in [-0.25, -0.2) is 4.79 Å². The largest absolute Gasteiger partial charge is 0.480 e. The molecular formula is C9H8ClN3O3. The second kappa shape index (κ2) is 3.97. The average Bonchev–Trinajstić information content (AvgIpc) is 2.20. The van der Waals surface area contributed by atoms with Crippen molar-refractivity contribution in [1.82, 2.24) is 9.88 Å². The molecule has 2 rings (SSSR count). The number of rotatable bonds is 2. The van der Waals surface area contributed by atoms with Gasteiger partial charge in [0.25, 0.3) is 0 Å². The van der Waals surface area contributed by atoms with Crippen molar-refractivity contribution in [3.63, 3.8) is 0 Å². The number of pyridine rings is 1. The summed E-state index contributed by atoms with van der Waals surface area (Å²) in [6, 6.07) is -0.459. The van der Waals surface area contributed by atoms with Crippen molar-refractivity contribution in [2.45, 2.75) is 6.54 Å². The van der Waals surface area contributed by atoms with Crippen molar-refractivity contribution in [2.24, 2.45) is 0 Å². The first-order valence-corrected chi connectivity index (χ1v) is 4.86. The van der Waals surface area contributed by atoms with Gasteiger partial charge in [0, 0.05) is 11.8 Å². The van der Waals surface area contributed by atoms with Crippen LogP contribution in [0.25, 0.3) is 0 Å². The summed E-state index contributed by atoms with van der Waals surface area (Å²) >= 11 is 5.90. The van der Waals surface area contributed by atoms with Crippen LogP contribution in [0.2, 0.25) is 5.02 Å². The number of aliphatic carboxylic acids is 1. The summed E-state index contributed by atoms with van der Waals surface area (Å²) in [5, 5.41) is 11.6. The summed E-state index contributed by atoms with van der Waals surface area (Å²) in [6.07, 6.45) is 2.94. The van der Waals surface area contributed by atoms with E-state index in [4.69, 9.17) is 16.7 Å². The maximum atomic E-state index is 11.5. The quantitative estimate of drug-likeness (QED) is 0.814. The first kappa shape index (κ1) is 10.7. The molecular weight excluding hydrogens is 234 g/mol. The topological polar surface area (TPSA) is 82.5 Å². The minimum atomic E-state index is -1.07. The Morgan fingerprint density at radius 1 is 1.62 bits per heavy atom. The molecule has 6 nitrogen and oxygen atoms in total. The second-order valence-corrected chi connectivity index (χ2v) is 3.73. The van der Waals surface area contributed by atoms with Gasteiger partial charge in [0.2, 0.25) is 0 Å². The molecule has 1 aromatic heterocycles. The van der Waals surface area contributed by atoms with Crippen molar-refractivity contribution >= 4 is 29.3 Å². The molecule has 1 aliphatic heterocycles. The van der Waals surface area contributed by atoms with Gasteiger partial charge in [-0.2, -0.15) is 0 Å². The molecule has 84 valence electrons. The monoisotopic (exact) mass is 241 g/mol. The van der Waals surface area contributed by atoms with Gasteiger partial charge in [0.15, 0.2) is 0 Å². The zero-order valence-electron chi connectivity index (χ0n) is 8.11. The minimum absolute atomic E-state index is 0.175. The molecule has 0 spiro atoms. The molecule has 0 bridgehead atoms. The number of hydrogen-bond acceptors (Lipinski definition) is 3. The number of carboxylic acids is 1. The number of amides is 2. The number of carboxylic acid groups (broad SMARTS) is 1. The first-order chi connectivity index (χ1) is 7.58. The van der Waals surface area contributed by atoms with Crippen LogP contribution in [0.1, 0.15) is 5.56 Å². The van der Waals surface area contributed by atoms with Crippen LogP contribution in [0.4, 0.5) is 10.5 Å². The van der Waals surface area contributed by atoms with E-state index >= 15 is 0 Å². The van der Waals surface area contributed by atoms with Crippen molar-refractivity contribution in [3.05, 3.63) is 23.0 Å². The van der Waals surface area contributed by atoms with E-state index in [1.54, 1.807) is 0 Å². The summed E-state index contributed by atoms with van der Waals surface area (Å²) < 4.78 is 0. The molecule has 1 aromatic rings. The van der Waals surface area contributed by atoms with Crippen LogP contribution in [0.3, 0.4) is 0 Å². The van der Waals surface area contributed by atoms with Gasteiger partial charge in [0.05, 0.1) is 23.5 Å². The third kappa shape index (κ3) is 1.92. The van der Waals surface area contributed by atoms with Crippen LogP contribution in [0.5, 0.6) is 0 Å². The van der Waals surface area contributed by atoms with E-state index in [2.05, 4.69) is 10.3 Å². The highest BCUT2D eigenvalue weighted by atomic mass is 35.5. The van der Waals surface area contributed by atoms with Gasteiger partial charge in [-0.15, -0.1) is 0 Å². The third-order valence-corrected chi connectivity index (χ3v) is 2.53. The zero-order valence-corrected chi connectivity index (χ0v) is 8.86. The smallest absolute Gasteiger partial charge is 0.323 e.